The van der Waals surface area contributed by atoms with Gasteiger partial charge < -0.3 is 15.2 Å². The van der Waals surface area contributed by atoms with Crippen molar-refractivity contribution >= 4 is 11.7 Å². The summed E-state index contributed by atoms with van der Waals surface area (Å²) in [5, 5.41) is 11.7. The average Bonchev–Trinajstić information content (AvgIpc) is 2.34. The van der Waals surface area contributed by atoms with Crippen LogP contribution in [0.3, 0.4) is 0 Å². The van der Waals surface area contributed by atoms with Gasteiger partial charge in [-0.3, -0.25) is 0 Å². The lowest BCUT2D eigenvalue weighted by Gasteiger charge is -2.11. The second kappa shape index (κ2) is 7.74. The number of para-hydroxylation sites is 1. The quantitative estimate of drug-likeness (QED) is 0.712. The average molecular weight is 269 g/mol. The van der Waals surface area contributed by atoms with E-state index >= 15 is 0 Å². The van der Waals surface area contributed by atoms with E-state index in [9.17, 15) is 9.18 Å². The molecule has 106 valence electrons. The van der Waals surface area contributed by atoms with E-state index in [2.05, 4.69) is 19.2 Å². The molecule has 19 heavy (non-hydrogen) atoms. The molecule has 0 saturated carbocycles. The maximum absolute atomic E-state index is 13.5. The van der Waals surface area contributed by atoms with Crippen LogP contribution in [-0.2, 0) is 4.74 Å². The van der Waals surface area contributed by atoms with E-state index in [1.807, 2.05) is 0 Å². The Balaban J connectivity index is 2.43. The SMILES string of the molecule is CC(C)CCOCCNc1c(F)cccc1C(=O)O. The topological polar surface area (TPSA) is 58.6 Å². The van der Waals surface area contributed by atoms with Gasteiger partial charge in [0.15, 0.2) is 0 Å². The van der Waals surface area contributed by atoms with Crippen molar-refractivity contribution in [2.75, 3.05) is 25.1 Å². The summed E-state index contributed by atoms with van der Waals surface area (Å²) < 4.78 is 18.9. The number of rotatable bonds is 8. The van der Waals surface area contributed by atoms with Crippen molar-refractivity contribution < 1.29 is 19.0 Å². The van der Waals surface area contributed by atoms with Crippen molar-refractivity contribution in [3.05, 3.63) is 29.6 Å². The summed E-state index contributed by atoms with van der Waals surface area (Å²) in [5.74, 6) is -1.14. The summed E-state index contributed by atoms with van der Waals surface area (Å²) in [6.45, 7) is 5.67. The minimum Gasteiger partial charge on any atom is -0.478 e. The zero-order chi connectivity index (χ0) is 14.3. The fourth-order valence-corrected chi connectivity index (χ4v) is 1.55. The number of carboxylic acid groups (broad SMARTS) is 1. The van der Waals surface area contributed by atoms with Crippen LogP contribution in [-0.4, -0.2) is 30.8 Å². The van der Waals surface area contributed by atoms with Crippen molar-refractivity contribution in [1.82, 2.24) is 0 Å². The Bertz CT molecular complexity index is 421. The number of aromatic carboxylic acids is 1. The van der Waals surface area contributed by atoms with Crippen LogP contribution in [0.4, 0.5) is 10.1 Å². The van der Waals surface area contributed by atoms with Gasteiger partial charge in [-0.05, 0) is 24.5 Å². The zero-order valence-electron chi connectivity index (χ0n) is 11.3. The highest BCUT2D eigenvalue weighted by Gasteiger charge is 2.13. The Morgan fingerprint density at radius 3 is 2.79 bits per heavy atom. The summed E-state index contributed by atoms with van der Waals surface area (Å²) in [5.41, 5.74) is -0.0513. The van der Waals surface area contributed by atoms with Crippen LogP contribution in [0.1, 0.15) is 30.6 Å². The highest BCUT2D eigenvalue weighted by atomic mass is 19.1. The third-order valence-corrected chi connectivity index (χ3v) is 2.63. The molecule has 0 fully saturated rings. The molecule has 0 amide bonds. The molecule has 0 saturated heterocycles. The highest BCUT2D eigenvalue weighted by Crippen LogP contribution is 2.19. The zero-order valence-corrected chi connectivity index (χ0v) is 11.3. The summed E-state index contributed by atoms with van der Waals surface area (Å²) in [7, 11) is 0. The lowest BCUT2D eigenvalue weighted by molar-refractivity contribution is 0.0697. The van der Waals surface area contributed by atoms with E-state index < -0.39 is 11.8 Å². The van der Waals surface area contributed by atoms with Gasteiger partial charge in [-0.15, -0.1) is 0 Å². The highest BCUT2D eigenvalue weighted by molar-refractivity contribution is 5.94. The van der Waals surface area contributed by atoms with Gasteiger partial charge in [0.1, 0.15) is 5.82 Å². The molecule has 0 spiro atoms. The van der Waals surface area contributed by atoms with Gasteiger partial charge in [0, 0.05) is 13.2 Å². The fourth-order valence-electron chi connectivity index (χ4n) is 1.55. The largest absolute Gasteiger partial charge is 0.478 e. The van der Waals surface area contributed by atoms with Crippen molar-refractivity contribution in [3.63, 3.8) is 0 Å². The molecule has 4 nitrogen and oxygen atoms in total. The predicted octanol–water partition coefficient (Wildman–Crippen LogP) is 3.00. The molecule has 1 aromatic carbocycles. The summed E-state index contributed by atoms with van der Waals surface area (Å²) >= 11 is 0. The summed E-state index contributed by atoms with van der Waals surface area (Å²) in [6, 6.07) is 3.98. The van der Waals surface area contributed by atoms with Crippen molar-refractivity contribution in [2.24, 2.45) is 5.92 Å². The Morgan fingerprint density at radius 2 is 2.16 bits per heavy atom. The molecular formula is C14H20FNO3. The second-order valence-electron chi connectivity index (χ2n) is 4.69. The first kappa shape index (κ1) is 15.4. The van der Waals surface area contributed by atoms with E-state index in [0.717, 1.165) is 6.42 Å². The van der Waals surface area contributed by atoms with Gasteiger partial charge in [-0.1, -0.05) is 19.9 Å². The molecule has 1 rings (SSSR count). The first-order valence-corrected chi connectivity index (χ1v) is 6.35. The first-order chi connectivity index (χ1) is 9.02. The van der Waals surface area contributed by atoms with Gasteiger partial charge in [-0.2, -0.15) is 0 Å². The fraction of sp³-hybridized carbons (Fsp3) is 0.500. The predicted molar refractivity (Wildman–Crippen MR) is 72.1 cm³/mol. The molecule has 5 heteroatoms. The van der Waals surface area contributed by atoms with Crippen LogP contribution in [0.25, 0.3) is 0 Å². The number of nitrogens with one attached hydrogen (secondary N) is 1. The molecular weight excluding hydrogens is 249 g/mol. The molecule has 0 radical (unpaired) electrons. The Morgan fingerprint density at radius 1 is 1.42 bits per heavy atom. The number of halogens is 1. The molecule has 0 aliphatic rings. The smallest absolute Gasteiger partial charge is 0.337 e. The molecule has 1 aromatic rings. The van der Waals surface area contributed by atoms with Gasteiger partial charge in [0.05, 0.1) is 17.9 Å². The third kappa shape index (κ3) is 5.26. The van der Waals surface area contributed by atoms with E-state index in [-0.39, 0.29) is 11.3 Å². The molecule has 0 unspecified atom stereocenters. The lowest BCUT2D eigenvalue weighted by Crippen LogP contribution is -2.14. The molecule has 0 aliphatic carbocycles. The van der Waals surface area contributed by atoms with Crippen LogP contribution in [0.5, 0.6) is 0 Å². The van der Waals surface area contributed by atoms with Crippen LogP contribution < -0.4 is 5.32 Å². The number of carboxylic acids is 1. The molecule has 0 bridgehead atoms. The summed E-state index contributed by atoms with van der Waals surface area (Å²) in [6.07, 6.45) is 0.972. The van der Waals surface area contributed by atoms with Crippen LogP contribution in [0.15, 0.2) is 18.2 Å². The number of ether oxygens (including phenoxy) is 1. The number of hydrogen-bond donors (Lipinski definition) is 2. The minimum absolute atomic E-state index is 0.0162. The Kier molecular flexibility index (Phi) is 6.29. The van der Waals surface area contributed by atoms with Crippen molar-refractivity contribution in [2.45, 2.75) is 20.3 Å². The van der Waals surface area contributed by atoms with Crippen molar-refractivity contribution in [3.8, 4) is 0 Å². The van der Waals surface area contributed by atoms with E-state index in [4.69, 9.17) is 9.84 Å². The van der Waals surface area contributed by atoms with Gasteiger partial charge in [-0.25, -0.2) is 9.18 Å². The monoisotopic (exact) mass is 269 g/mol. The summed E-state index contributed by atoms with van der Waals surface area (Å²) in [4.78, 5) is 10.9. The maximum atomic E-state index is 13.5. The Labute approximate surface area is 112 Å². The van der Waals surface area contributed by atoms with E-state index in [1.54, 1.807) is 0 Å². The number of benzene rings is 1. The maximum Gasteiger partial charge on any atom is 0.337 e. The van der Waals surface area contributed by atoms with Crippen LogP contribution in [0.2, 0.25) is 0 Å². The van der Waals surface area contributed by atoms with E-state index in [1.165, 1.54) is 18.2 Å². The van der Waals surface area contributed by atoms with Gasteiger partial charge in [0.2, 0.25) is 0 Å². The number of anilines is 1. The first-order valence-electron chi connectivity index (χ1n) is 6.35. The molecule has 0 aromatic heterocycles. The molecule has 2 N–H and O–H groups in total. The number of hydrogen-bond acceptors (Lipinski definition) is 3. The second-order valence-corrected chi connectivity index (χ2v) is 4.69. The van der Waals surface area contributed by atoms with Crippen LogP contribution in [0, 0.1) is 11.7 Å². The van der Waals surface area contributed by atoms with E-state index in [0.29, 0.717) is 25.7 Å². The number of carbonyl (C=O) groups is 1. The lowest BCUT2D eigenvalue weighted by atomic mass is 10.1. The molecule has 0 heterocycles. The van der Waals surface area contributed by atoms with Crippen LogP contribution >= 0.6 is 0 Å². The normalized spacial score (nSPS) is 10.7. The minimum atomic E-state index is -1.15. The molecule has 0 aliphatic heterocycles. The van der Waals surface area contributed by atoms with Gasteiger partial charge in [0.25, 0.3) is 0 Å². The van der Waals surface area contributed by atoms with Crippen molar-refractivity contribution in [1.29, 1.82) is 0 Å². The standard InChI is InChI=1S/C14H20FNO3/c1-10(2)6-8-19-9-7-16-13-11(14(17)18)4-3-5-12(13)15/h3-5,10,16H,6-9H2,1-2H3,(H,17,18). The Hall–Kier alpha value is -1.62. The van der Waals surface area contributed by atoms with Gasteiger partial charge >= 0.3 is 5.97 Å². The molecule has 0 atom stereocenters. The third-order valence-electron chi connectivity index (χ3n) is 2.63.